The number of hydrogen-bond donors (Lipinski definition) is 1. The van der Waals surface area contributed by atoms with Crippen LogP contribution in [0, 0.1) is 5.92 Å². The van der Waals surface area contributed by atoms with E-state index in [-0.39, 0.29) is 6.04 Å². The summed E-state index contributed by atoms with van der Waals surface area (Å²) < 4.78 is 36.6. The Morgan fingerprint density at radius 2 is 1.94 bits per heavy atom. The summed E-state index contributed by atoms with van der Waals surface area (Å²) in [6.45, 7) is 4.80. The summed E-state index contributed by atoms with van der Waals surface area (Å²) in [6, 6.07) is -0.203. The van der Waals surface area contributed by atoms with E-state index in [1.807, 2.05) is 0 Å². The first-order valence-corrected chi connectivity index (χ1v) is 5.99. The third kappa shape index (κ3) is 3.10. The Kier molecular flexibility index (Phi) is 3.45. The average molecular weight is 236 g/mol. The number of alkyl halides is 3. The number of halogens is 3. The van der Waals surface area contributed by atoms with Crippen LogP contribution in [0.25, 0.3) is 0 Å². The first-order valence-electron chi connectivity index (χ1n) is 5.99. The molecule has 16 heavy (non-hydrogen) atoms. The molecule has 2 unspecified atom stereocenters. The molecule has 0 radical (unpaired) electrons. The van der Waals surface area contributed by atoms with Crippen LogP contribution in [-0.2, 0) is 0 Å². The van der Waals surface area contributed by atoms with E-state index in [1.54, 1.807) is 6.92 Å². The summed E-state index contributed by atoms with van der Waals surface area (Å²) in [5.41, 5.74) is 0. The molecule has 3 fully saturated rings. The Bertz CT molecular complexity index is 234. The van der Waals surface area contributed by atoms with Gasteiger partial charge in [-0.1, -0.05) is 0 Å². The lowest BCUT2D eigenvalue weighted by molar-refractivity contribution is -0.140. The summed E-state index contributed by atoms with van der Waals surface area (Å²) in [4.78, 5) is 2.35. The summed E-state index contributed by atoms with van der Waals surface area (Å²) in [5, 5.41) is 3.15. The number of piperidine rings is 3. The zero-order valence-electron chi connectivity index (χ0n) is 9.56. The van der Waals surface area contributed by atoms with Crippen LogP contribution in [0.15, 0.2) is 0 Å². The van der Waals surface area contributed by atoms with Gasteiger partial charge in [-0.25, -0.2) is 0 Å². The van der Waals surface area contributed by atoms with Gasteiger partial charge < -0.3 is 10.2 Å². The second-order valence-corrected chi connectivity index (χ2v) is 5.13. The lowest BCUT2D eigenvalue weighted by atomic mass is 9.83. The number of nitrogens with one attached hydrogen (secondary N) is 1. The second-order valence-electron chi connectivity index (χ2n) is 5.13. The molecule has 3 heterocycles. The normalized spacial score (nSPS) is 36.4. The van der Waals surface area contributed by atoms with E-state index in [4.69, 9.17) is 0 Å². The fraction of sp³-hybridized carbons (Fsp3) is 1.00. The number of fused-ring (bicyclic) bond motifs is 3. The highest BCUT2D eigenvalue weighted by atomic mass is 19.4. The molecule has 2 bridgehead atoms. The molecule has 2 nitrogen and oxygen atoms in total. The highest BCUT2D eigenvalue weighted by Gasteiger charge is 2.36. The van der Waals surface area contributed by atoms with Crippen LogP contribution in [0.4, 0.5) is 13.2 Å². The Hall–Kier alpha value is -0.290. The fourth-order valence-electron chi connectivity index (χ4n) is 2.93. The molecular formula is C11H19F3N2. The van der Waals surface area contributed by atoms with E-state index < -0.39 is 18.6 Å². The Balaban J connectivity index is 1.81. The van der Waals surface area contributed by atoms with Gasteiger partial charge in [0.15, 0.2) is 0 Å². The van der Waals surface area contributed by atoms with Gasteiger partial charge in [0.1, 0.15) is 0 Å². The van der Waals surface area contributed by atoms with Crippen molar-refractivity contribution in [1.82, 2.24) is 10.2 Å². The van der Waals surface area contributed by atoms with E-state index in [9.17, 15) is 13.2 Å². The van der Waals surface area contributed by atoms with Crippen LogP contribution in [0.2, 0.25) is 0 Å². The number of rotatable bonds is 3. The molecule has 94 valence electrons. The first kappa shape index (κ1) is 12.2. The van der Waals surface area contributed by atoms with E-state index in [0.717, 1.165) is 32.5 Å². The van der Waals surface area contributed by atoms with Gasteiger partial charge in [0.25, 0.3) is 0 Å². The Morgan fingerprint density at radius 1 is 1.31 bits per heavy atom. The third-order valence-corrected chi connectivity index (χ3v) is 3.69. The monoisotopic (exact) mass is 236 g/mol. The van der Waals surface area contributed by atoms with Crippen molar-refractivity contribution in [2.45, 2.75) is 44.4 Å². The van der Waals surface area contributed by atoms with Crippen molar-refractivity contribution in [3.05, 3.63) is 0 Å². The van der Waals surface area contributed by atoms with E-state index in [1.165, 1.54) is 0 Å². The maximum absolute atomic E-state index is 12.2. The minimum Gasteiger partial charge on any atom is -0.310 e. The van der Waals surface area contributed by atoms with Gasteiger partial charge in [0.05, 0.1) is 6.42 Å². The second kappa shape index (κ2) is 4.53. The van der Waals surface area contributed by atoms with Crippen LogP contribution in [-0.4, -0.2) is 42.8 Å². The minimum atomic E-state index is -4.06. The maximum Gasteiger partial charge on any atom is 0.390 e. The average Bonchev–Trinajstić information content (AvgIpc) is 2.16. The summed E-state index contributed by atoms with van der Waals surface area (Å²) in [5.74, 6) is 0.584. The zero-order valence-corrected chi connectivity index (χ0v) is 9.56. The fourth-order valence-corrected chi connectivity index (χ4v) is 2.93. The molecule has 5 heteroatoms. The predicted octanol–water partition coefficient (Wildman–Crippen LogP) is 2.01. The predicted molar refractivity (Wildman–Crippen MR) is 56.2 cm³/mol. The molecule has 1 N–H and O–H groups in total. The summed E-state index contributed by atoms with van der Waals surface area (Å²) >= 11 is 0. The number of nitrogens with zero attached hydrogens (tertiary/aromatic N) is 1. The van der Waals surface area contributed by atoms with Gasteiger partial charge >= 0.3 is 6.18 Å². The molecule has 3 saturated heterocycles. The first-order chi connectivity index (χ1) is 7.44. The van der Waals surface area contributed by atoms with E-state index in [0.29, 0.717) is 5.92 Å². The third-order valence-electron chi connectivity index (χ3n) is 3.69. The van der Waals surface area contributed by atoms with E-state index in [2.05, 4.69) is 10.2 Å². The van der Waals surface area contributed by atoms with E-state index >= 15 is 0 Å². The molecule has 0 saturated carbocycles. The van der Waals surface area contributed by atoms with Crippen LogP contribution >= 0.6 is 0 Å². The minimum absolute atomic E-state index is 0.264. The van der Waals surface area contributed by atoms with Gasteiger partial charge in [-0.05, 0) is 38.8 Å². The molecule has 3 rings (SSSR count). The SMILES string of the molecule is CC(CC(F)(F)F)NC1CN2CCC1CC2. The van der Waals surface area contributed by atoms with Crippen LogP contribution in [0.3, 0.4) is 0 Å². The zero-order chi connectivity index (χ0) is 11.8. The van der Waals surface area contributed by atoms with Crippen LogP contribution in [0.1, 0.15) is 26.2 Å². The van der Waals surface area contributed by atoms with Crippen molar-refractivity contribution in [3.8, 4) is 0 Å². The van der Waals surface area contributed by atoms with Crippen molar-refractivity contribution < 1.29 is 13.2 Å². The van der Waals surface area contributed by atoms with Gasteiger partial charge in [-0.15, -0.1) is 0 Å². The number of hydrogen-bond acceptors (Lipinski definition) is 2. The Labute approximate surface area is 94.2 Å². The largest absolute Gasteiger partial charge is 0.390 e. The smallest absolute Gasteiger partial charge is 0.310 e. The molecule has 3 aliphatic rings. The van der Waals surface area contributed by atoms with Crippen molar-refractivity contribution in [1.29, 1.82) is 0 Å². The van der Waals surface area contributed by atoms with Gasteiger partial charge in [0, 0.05) is 18.6 Å². The van der Waals surface area contributed by atoms with Gasteiger partial charge in [-0.3, -0.25) is 0 Å². The quantitative estimate of drug-likeness (QED) is 0.806. The van der Waals surface area contributed by atoms with Crippen LogP contribution < -0.4 is 5.32 Å². The highest BCUT2D eigenvalue weighted by molar-refractivity contribution is 4.92. The van der Waals surface area contributed by atoms with Crippen molar-refractivity contribution in [3.63, 3.8) is 0 Å². The molecule has 0 aromatic heterocycles. The van der Waals surface area contributed by atoms with Crippen molar-refractivity contribution in [2.24, 2.45) is 5.92 Å². The highest BCUT2D eigenvalue weighted by Crippen LogP contribution is 2.29. The van der Waals surface area contributed by atoms with Gasteiger partial charge in [-0.2, -0.15) is 13.2 Å². The standard InChI is InChI=1S/C11H19F3N2/c1-8(6-11(12,13)14)15-10-7-16-4-2-9(10)3-5-16/h8-10,15H,2-7H2,1H3. The molecule has 0 amide bonds. The molecule has 0 aromatic carbocycles. The topological polar surface area (TPSA) is 15.3 Å². The molecule has 3 aliphatic heterocycles. The summed E-state index contributed by atoms with van der Waals surface area (Å²) in [7, 11) is 0. The van der Waals surface area contributed by atoms with Crippen molar-refractivity contribution >= 4 is 0 Å². The molecule has 0 spiro atoms. The molecular weight excluding hydrogens is 217 g/mol. The summed E-state index contributed by atoms with van der Waals surface area (Å²) in [6.07, 6.45) is -2.51. The molecule has 0 aliphatic carbocycles. The maximum atomic E-state index is 12.2. The molecule has 2 atom stereocenters. The lowest BCUT2D eigenvalue weighted by Crippen LogP contribution is -2.58. The lowest BCUT2D eigenvalue weighted by Gasteiger charge is -2.46. The Morgan fingerprint density at radius 3 is 2.38 bits per heavy atom. The van der Waals surface area contributed by atoms with Crippen molar-refractivity contribution in [2.75, 3.05) is 19.6 Å². The van der Waals surface area contributed by atoms with Crippen LogP contribution in [0.5, 0.6) is 0 Å². The molecule has 0 aromatic rings. The van der Waals surface area contributed by atoms with Gasteiger partial charge in [0.2, 0.25) is 0 Å².